The van der Waals surface area contributed by atoms with E-state index >= 15 is 0 Å². The van der Waals surface area contributed by atoms with E-state index in [9.17, 15) is 20.4 Å². The molecular formula is C19H36O4. The zero-order valence-corrected chi connectivity index (χ0v) is 14.6. The Bertz CT molecular complexity index is 296. The van der Waals surface area contributed by atoms with E-state index in [2.05, 4.69) is 0 Å². The Morgan fingerprint density at radius 3 is 1.13 bits per heavy atom. The average molecular weight is 328 g/mol. The van der Waals surface area contributed by atoms with Gasteiger partial charge in [0.15, 0.2) is 0 Å². The molecule has 0 amide bonds. The largest absolute Gasteiger partial charge is 0.395 e. The molecule has 136 valence electrons. The lowest BCUT2D eigenvalue weighted by molar-refractivity contribution is -0.215. The lowest BCUT2D eigenvalue weighted by Crippen LogP contribution is -2.63. The number of hydrogen-bond acceptors (Lipinski definition) is 4. The van der Waals surface area contributed by atoms with E-state index in [1.54, 1.807) is 0 Å². The Kier molecular flexibility index (Phi) is 7.33. The fraction of sp³-hybridized carbons (Fsp3) is 1.00. The normalized spacial score (nSPS) is 23.5. The molecule has 0 aromatic rings. The second kappa shape index (κ2) is 8.80. The van der Waals surface area contributed by atoms with Crippen LogP contribution in [0.3, 0.4) is 0 Å². The van der Waals surface area contributed by atoms with Gasteiger partial charge in [-0.3, -0.25) is 0 Å². The van der Waals surface area contributed by atoms with Gasteiger partial charge in [0.25, 0.3) is 0 Å². The third-order valence-corrected chi connectivity index (χ3v) is 6.71. The van der Waals surface area contributed by atoms with E-state index in [0.29, 0.717) is 0 Å². The molecule has 2 aliphatic rings. The van der Waals surface area contributed by atoms with Gasteiger partial charge in [-0.2, -0.15) is 0 Å². The fourth-order valence-electron chi connectivity index (χ4n) is 5.17. The van der Waals surface area contributed by atoms with Gasteiger partial charge >= 0.3 is 0 Å². The highest BCUT2D eigenvalue weighted by molar-refractivity contribution is 5.06. The van der Waals surface area contributed by atoms with Crippen LogP contribution < -0.4 is 0 Å². The molecule has 0 atom stereocenters. The van der Waals surface area contributed by atoms with Gasteiger partial charge in [0.05, 0.1) is 30.8 Å². The second-order valence-electron chi connectivity index (χ2n) is 7.96. The zero-order valence-electron chi connectivity index (χ0n) is 14.6. The first kappa shape index (κ1) is 19.2. The van der Waals surface area contributed by atoms with Crippen molar-refractivity contribution in [3.63, 3.8) is 0 Å². The maximum atomic E-state index is 11.9. The van der Waals surface area contributed by atoms with Crippen LogP contribution in [-0.2, 0) is 0 Å². The zero-order chi connectivity index (χ0) is 16.8. The van der Waals surface area contributed by atoms with E-state index in [4.69, 9.17) is 0 Å². The van der Waals surface area contributed by atoms with Gasteiger partial charge in [0.2, 0.25) is 0 Å². The summed E-state index contributed by atoms with van der Waals surface area (Å²) in [5, 5.41) is 42.0. The molecule has 0 bridgehead atoms. The van der Waals surface area contributed by atoms with E-state index in [-0.39, 0.29) is 31.7 Å². The van der Waals surface area contributed by atoms with Crippen LogP contribution in [0.5, 0.6) is 0 Å². The van der Waals surface area contributed by atoms with Gasteiger partial charge < -0.3 is 20.4 Å². The molecule has 23 heavy (non-hydrogen) atoms. The molecule has 0 saturated heterocycles. The highest BCUT2D eigenvalue weighted by atomic mass is 16.3. The first-order valence-electron chi connectivity index (χ1n) is 9.69. The number of rotatable bonds is 6. The van der Waals surface area contributed by atoms with Crippen molar-refractivity contribution in [1.29, 1.82) is 0 Å². The van der Waals surface area contributed by atoms with Gasteiger partial charge in [0.1, 0.15) is 0 Å². The molecule has 0 aromatic carbocycles. The summed E-state index contributed by atoms with van der Waals surface area (Å²) in [4.78, 5) is 0. The molecule has 0 heterocycles. The van der Waals surface area contributed by atoms with E-state index < -0.39 is 11.0 Å². The first-order valence-corrected chi connectivity index (χ1v) is 9.69. The van der Waals surface area contributed by atoms with E-state index in [0.717, 1.165) is 51.4 Å². The van der Waals surface area contributed by atoms with E-state index in [1.165, 1.54) is 25.7 Å². The maximum absolute atomic E-state index is 11.9. The predicted molar refractivity (Wildman–Crippen MR) is 91.0 cm³/mol. The summed E-state index contributed by atoms with van der Waals surface area (Å²) in [6.45, 7) is -1.07. The maximum Gasteiger partial charge on any atom is 0.0825 e. The van der Waals surface area contributed by atoms with Crippen molar-refractivity contribution in [3.05, 3.63) is 0 Å². The van der Waals surface area contributed by atoms with Gasteiger partial charge in [0, 0.05) is 0 Å². The minimum atomic E-state index is -1.20. The Morgan fingerprint density at radius 2 is 0.870 bits per heavy atom. The molecule has 2 saturated carbocycles. The van der Waals surface area contributed by atoms with Crippen molar-refractivity contribution in [2.24, 2.45) is 17.3 Å². The lowest BCUT2D eigenvalue weighted by atomic mass is 9.57. The summed E-state index contributed by atoms with van der Waals surface area (Å²) in [5.41, 5.74) is -2.36. The van der Waals surface area contributed by atoms with Crippen LogP contribution in [0, 0.1) is 17.3 Å². The molecule has 2 rings (SSSR count). The molecular weight excluding hydrogens is 292 g/mol. The van der Waals surface area contributed by atoms with Crippen molar-refractivity contribution < 1.29 is 20.4 Å². The topological polar surface area (TPSA) is 80.9 Å². The molecule has 4 N–H and O–H groups in total. The first-order chi connectivity index (χ1) is 11.1. The molecule has 2 aliphatic carbocycles. The fourth-order valence-corrected chi connectivity index (χ4v) is 5.17. The number of aliphatic hydroxyl groups is 4. The van der Waals surface area contributed by atoms with Crippen molar-refractivity contribution >= 4 is 0 Å². The minimum Gasteiger partial charge on any atom is -0.395 e. The molecule has 0 aromatic heterocycles. The van der Waals surface area contributed by atoms with Crippen LogP contribution in [0.1, 0.15) is 77.0 Å². The third kappa shape index (κ3) is 3.76. The molecule has 4 heteroatoms. The van der Waals surface area contributed by atoms with Crippen molar-refractivity contribution in [2.75, 3.05) is 19.8 Å². The summed E-state index contributed by atoms with van der Waals surface area (Å²) in [6, 6.07) is 0. The van der Waals surface area contributed by atoms with E-state index in [1.807, 2.05) is 0 Å². The molecule has 4 nitrogen and oxygen atoms in total. The summed E-state index contributed by atoms with van der Waals surface area (Å²) >= 11 is 0. The van der Waals surface area contributed by atoms with Crippen LogP contribution in [0.25, 0.3) is 0 Å². The monoisotopic (exact) mass is 328 g/mol. The SMILES string of the molecule is OCC(CO)(CO)C(O)(C1CCCCCC1)C1CCCCCC1. The summed E-state index contributed by atoms with van der Waals surface area (Å²) in [6.07, 6.45) is 12.9. The minimum absolute atomic E-state index is 0.0690. The van der Waals surface area contributed by atoms with Crippen LogP contribution in [0.2, 0.25) is 0 Å². The van der Waals surface area contributed by atoms with Gasteiger partial charge in [-0.25, -0.2) is 0 Å². The van der Waals surface area contributed by atoms with Crippen LogP contribution in [0.4, 0.5) is 0 Å². The molecule has 0 aliphatic heterocycles. The van der Waals surface area contributed by atoms with Crippen molar-refractivity contribution in [1.82, 2.24) is 0 Å². The Morgan fingerprint density at radius 1 is 0.565 bits per heavy atom. The molecule has 0 radical (unpaired) electrons. The van der Waals surface area contributed by atoms with Crippen LogP contribution >= 0.6 is 0 Å². The molecule has 0 spiro atoms. The molecule has 2 fully saturated rings. The Balaban J connectivity index is 2.38. The Hall–Kier alpha value is -0.160. The smallest absolute Gasteiger partial charge is 0.0825 e. The van der Waals surface area contributed by atoms with Gasteiger partial charge in [-0.1, -0.05) is 51.4 Å². The highest BCUT2D eigenvalue weighted by Gasteiger charge is 2.57. The number of hydrogen-bond donors (Lipinski definition) is 4. The summed E-state index contributed by atoms with van der Waals surface area (Å²) in [7, 11) is 0. The third-order valence-electron chi connectivity index (χ3n) is 6.71. The van der Waals surface area contributed by atoms with Crippen molar-refractivity contribution in [2.45, 2.75) is 82.7 Å². The second-order valence-corrected chi connectivity index (χ2v) is 7.96. The lowest BCUT2D eigenvalue weighted by Gasteiger charge is -2.53. The number of aliphatic hydroxyl groups excluding tert-OH is 3. The highest BCUT2D eigenvalue weighted by Crippen LogP contribution is 2.50. The predicted octanol–water partition coefficient (Wildman–Crippen LogP) is 2.62. The van der Waals surface area contributed by atoms with Gasteiger partial charge in [-0.15, -0.1) is 0 Å². The Labute approximate surface area is 140 Å². The standard InChI is InChI=1S/C19H36O4/c20-13-18(14-21,15-22)19(23,16-9-5-1-2-6-10-16)17-11-7-3-4-8-12-17/h16-17,20-23H,1-15H2. The summed E-state index contributed by atoms with van der Waals surface area (Å²) < 4.78 is 0. The molecule has 0 unspecified atom stereocenters. The van der Waals surface area contributed by atoms with Gasteiger partial charge in [-0.05, 0) is 37.5 Å². The van der Waals surface area contributed by atoms with Crippen LogP contribution in [0.15, 0.2) is 0 Å². The van der Waals surface area contributed by atoms with Crippen molar-refractivity contribution in [3.8, 4) is 0 Å². The van der Waals surface area contributed by atoms with Crippen LogP contribution in [-0.4, -0.2) is 45.8 Å². The average Bonchev–Trinajstić information content (AvgIpc) is 3.02. The summed E-state index contributed by atoms with van der Waals surface area (Å²) in [5.74, 6) is 0.138. The quantitative estimate of drug-likeness (QED) is 0.565.